The standard InChI is InChI=1S/C14H16ClN6O2P/c1-3-24(2,23)13-19-11(16)10-12(20-13)21(14(22)18-10)7-8-4-5-9(15)17-6-8/h4-6H,3,7H2,1-2H3,(H,18,22)(H2,16,19,20)/t24-/m1/s1. The number of H-pyrrole nitrogens is 1. The van der Waals surface area contributed by atoms with Crippen LogP contribution in [-0.4, -0.2) is 37.3 Å². The number of anilines is 1. The van der Waals surface area contributed by atoms with E-state index in [0.717, 1.165) is 5.56 Å². The van der Waals surface area contributed by atoms with Crippen molar-refractivity contribution in [2.75, 3.05) is 18.6 Å². The monoisotopic (exact) mass is 366 g/mol. The predicted molar refractivity (Wildman–Crippen MR) is 94.6 cm³/mol. The molecule has 0 aliphatic heterocycles. The first kappa shape index (κ1) is 16.7. The molecule has 0 amide bonds. The second-order valence-corrected chi connectivity index (χ2v) is 9.15. The van der Waals surface area contributed by atoms with Crippen molar-refractivity contribution in [1.29, 1.82) is 0 Å². The lowest BCUT2D eigenvalue weighted by Crippen LogP contribution is -2.21. The fourth-order valence-corrected chi connectivity index (χ4v) is 3.24. The van der Waals surface area contributed by atoms with Crippen molar-refractivity contribution in [1.82, 2.24) is 24.5 Å². The van der Waals surface area contributed by atoms with Gasteiger partial charge in [-0.05, 0) is 18.3 Å². The first-order valence-electron chi connectivity index (χ1n) is 7.25. The number of nitrogen functional groups attached to an aromatic ring is 1. The maximum absolute atomic E-state index is 12.6. The molecule has 24 heavy (non-hydrogen) atoms. The number of nitrogens with one attached hydrogen (secondary N) is 1. The number of nitrogens with zero attached hydrogens (tertiary/aromatic N) is 4. The van der Waals surface area contributed by atoms with Gasteiger partial charge in [0.25, 0.3) is 0 Å². The summed E-state index contributed by atoms with van der Waals surface area (Å²) < 4.78 is 14.0. The highest BCUT2D eigenvalue weighted by Crippen LogP contribution is 2.38. The minimum Gasteiger partial charge on any atom is -0.382 e. The summed E-state index contributed by atoms with van der Waals surface area (Å²) in [7, 11) is -2.72. The zero-order valence-corrected chi connectivity index (χ0v) is 14.8. The highest BCUT2D eigenvalue weighted by Gasteiger charge is 2.23. The fourth-order valence-electron chi connectivity index (χ4n) is 2.22. The Morgan fingerprint density at radius 3 is 2.75 bits per heavy atom. The third-order valence-electron chi connectivity index (χ3n) is 3.79. The molecule has 0 unspecified atom stereocenters. The number of pyridine rings is 1. The van der Waals surface area contributed by atoms with E-state index in [1.165, 1.54) is 4.57 Å². The lowest BCUT2D eigenvalue weighted by Gasteiger charge is -2.10. The summed E-state index contributed by atoms with van der Waals surface area (Å²) in [5.41, 5.74) is 7.16. The topological polar surface area (TPSA) is 120 Å². The Hall–Kier alpha value is -2.18. The van der Waals surface area contributed by atoms with Gasteiger partial charge in [0.1, 0.15) is 17.8 Å². The number of halogens is 1. The molecule has 0 fully saturated rings. The Morgan fingerprint density at radius 1 is 1.38 bits per heavy atom. The van der Waals surface area contributed by atoms with Crippen molar-refractivity contribution >= 4 is 41.3 Å². The summed E-state index contributed by atoms with van der Waals surface area (Å²) in [5, 5.41) is 0.369. The smallest absolute Gasteiger partial charge is 0.328 e. The summed E-state index contributed by atoms with van der Waals surface area (Å²) >= 11 is 5.77. The van der Waals surface area contributed by atoms with Gasteiger partial charge in [0, 0.05) is 12.4 Å². The zero-order chi connectivity index (χ0) is 17.5. The molecule has 0 aliphatic rings. The van der Waals surface area contributed by atoms with Crippen LogP contribution >= 0.6 is 18.7 Å². The molecule has 0 saturated carbocycles. The molecular formula is C14H16ClN6O2P. The van der Waals surface area contributed by atoms with Crippen LogP contribution in [0.4, 0.5) is 5.82 Å². The average Bonchev–Trinajstić information content (AvgIpc) is 2.86. The van der Waals surface area contributed by atoms with E-state index in [0.29, 0.717) is 22.5 Å². The van der Waals surface area contributed by atoms with E-state index >= 15 is 0 Å². The normalized spacial score (nSPS) is 14.0. The number of aromatic nitrogens is 5. The van der Waals surface area contributed by atoms with Crippen LogP contribution < -0.4 is 17.0 Å². The van der Waals surface area contributed by atoms with Gasteiger partial charge in [-0.15, -0.1) is 0 Å². The molecule has 126 valence electrons. The zero-order valence-electron chi connectivity index (χ0n) is 13.2. The number of hydrogen-bond donors (Lipinski definition) is 2. The Bertz CT molecular complexity index is 1010. The molecule has 3 N–H and O–H groups in total. The van der Waals surface area contributed by atoms with Crippen LogP contribution in [0.5, 0.6) is 0 Å². The molecule has 3 aromatic heterocycles. The molecular weight excluding hydrogens is 351 g/mol. The van der Waals surface area contributed by atoms with Crippen LogP contribution in [0.15, 0.2) is 23.1 Å². The minimum atomic E-state index is -2.72. The van der Waals surface area contributed by atoms with Crippen molar-refractivity contribution in [3.63, 3.8) is 0 Å². The first-order valence-corrected chi connectivity index (χ1v) is 9.97. The molecule has 3 rings (SSSR count). The van der Waals surface area contributed by atoms with Crippen LogP contribution in [0.25, 0.3) is 11.2 Å². The molecule has 10 heteroatoms. The fraction of sp³-hybridized carbons (Fsp3) is 0.286. The molecule has 0 aliphatic carbocycles. The van der Waals surface area contributed by atoms with Gasteiger partial charge in [-0.3, -0.25) is 4.57 Å². The van der Waals surface area contributed by atoms with Gasteiger partial charge in [-0.25, -0.2) is 19.7 Å². The van der Waals surface area contributed by atoms with Crippen molar-refractivity contribution < 1.29 is 4.57 Å². The largest absolute Gasteiger partial charge is 0.382 e. The van der Waals surface area contributed by atoms with Crippen LogP contribution in [0.2, 0.25) is 5.15 Å². The number of imidazole rings is 1. The maximum atomic E-state index is 12.6. The van der Waals surface area contributed by atoms with Gasteiger partial charge >= 0.3 is 5.69 Å². The highest BCUT2D eigenvalue weighted by molar-refractivity contribution is 7.70. The van der Waals surface area contributed by atoms with E-state index in [1.54, 1.807) is 31.9 Å². The lowest BCUT2D eigenvalue weighted by molar-refractivity contribution is 0.584. The quantitative estimate of drug-likeness (QED) is 0.532. The van der Waals surface area contributed by atoms with Gasteiger partial charge in [-0.1, -0.05) is 24.6 Å². The van der Waals surface area contributed by atoms with Crippen molar-refractivity contribution in [2.24, 2.45) is 0 Å². The summed E-state index contributed by atoms with van der Waals surface area (Å²) in [6, 6.07) is 3.41. The Balaban J connectivity index is 2.17. The van der Waals surface area contributed by atoms with Gasteiger partial charge in [-0.2, -0.15) is 0 Å². The van der Waals surface area contributed by atoms with Crippen molar-refractivity contribution in [2.45, 2.75) is 13.5 Å². The minimum absolute atomic E-state index is 0.107. The Morgan fingerprint density at radius 2 is 2.12 bits per heavy atom. The van der Waals surface area contributed by atoms with Crippen molar-refractivity contribution in [3.05, 3.63) is 39.5 Å². The van der Waals surface area contributed by atoms with Crippen molar-refractivity contribution in [3.8, 4) is 0 Å². The molecule has 0 radical (unpaired) electrons. The summed E-state index contributed by atoms with van der Waals surface area (Å²) in [6.07, 6.45) is 1.99. The SMILES string of the molecule is CC[P@@](C)(=O)c1nc(N)c2[nH]c(=O)n(Cc3ccc(Cl)nc3)c2n1. The van der Waals surface area contributed by atoms with E-state index in [4.69, 9.17) is 17.3 Å². The number of nitrogens with two attached hydrogens (primary N) is 1. The van der Waals surface area contributed by atoms with Gasteiger partial charge in [0.2, 0.25) is 0 Å². The number of hydrogen-bond acceptors (Lipinski definition) is 6. The second-order valence-electron chi connectivity index (χ2n) is 5.53. The second kappa shape index (κ2) is 6.03. The van der Waals surface area contributed by atoms with Gasteiger partial charge in [0.15, 0.2) is 17.0 Å². The van der Waals surface area contributed by atoms with E-state index in [1.807, 2.05) is 0 Å². The maximum Gasteiger partial charge on any atom is 0.328 e. The van der Waals surface area contributed by atoms with Gasteiger partial charge < -0.3 is 15.3 Å². The number of rotatable bonds is 4. The predicted octanol–water partition coefficient (Wildman–Crippen LogP) is 1.44. The number of fused-ring (bicyclic) bond motifs is 1. The summed E-state index contributed by atoms with van der Waals surface area (Å²) in [6.45, 7) is 3.64. The Labute approximate surface area is 142 Å². The van der Waals surface area contributed by atoms with E-state index in [2.05, 4.69) is 19.9 Å². The third kappa shape index (κ3) is 2.95. The third-order valence-corrected chi connectivity index (χ3v) is 6.27. The molecule has 3 heterocycles. The molecule has 0 aromatic carbocycles. The molecule has 0 saturated heterocycles. The first-order chi connectivity index (χ1) is 11.3. The van der Waals surface area contributed by atoms with Crippen LogP contribution in [0, 0.1) is 0 Å². The molecule has 0 spiro atoms. The summed E-state index contributed by atoms with van der Waals surface area (Å²) in [5.74, 6) is 0.107. The van der Waals surface area contributed by atoms with E-state index in [9.17, 15) is 9.36 Å². The molecule has 1 atom stereocenters. The molecule has 3 aromatic rings. The van der Waals surface area contributed by atoms with Crippen LogP contribution in [-0.2, 0) is 11.1 Å². The summed E-state index contributed by atoms with van der Waals surface area (Å²) in [4.78, 5) is 27.4. The van der Waals surface area contributed by atoms with Crippen LogP contribution in [0.1, 0.15) is 12.5 Å². The lowest BCUT2D eigenvalue weighted by atomic mass is 10.3. The Kier molecular flexibility index (Phi) is 4.19. The molecule has 8 nitrogen and oxygen atoms in total. The van der Waals surface area contributed by atoms with Crippen LogP contribution in [0.3, 0.4) is 0 Å². The van der Waals surface area contributed by atoms with E-state index in [-0.39, 0.29) is 23.6 Å². The van der Waals surface area contributed by atoms with Gasteiger partial charge in [0.05, 0.1) is 6.54 Å². The average molecular weight is 367 g/mol. The highest BCUT2D eigenvalue weighted by atomic mass is 35.5. The number of aromatic amines is 1. The molecule has 0 bridgehead atoms. The van der Waals surface area contributed by atoms with E-state index < -0.39 is 7.14 Å².